The lowest BCUT2D eigenvalue weighted by molar-refractivity contribution is 0.0715. The maximum absolute atomic E-state index is 11.6. The van der Waals surface area contributed by atoms with Crippen molar-refractivity contribution < 1.29 is 9.53 Å². The highest BCUT2D eigenvalue weighted by Crippen LogP contribution is 2.35. The van der Waals surface area contributed by atoms with Crippen molar-refractivity contribution in [3.63, 3.8) is 0 Å². The monoisotopic (exact) mass is 328 g/mol. The van der Waals surface area contributed by atoms with Gasteiger partial charge in [0.15, 0.2) is 0 Å². The van der Waals surface area contributed by atoms with Gasteiger partial charge in [-0.3, -0.25) is 0 Å². The second-order valence-corrected chi connectivity index (χ2v) is 5.07. The van der Waals surface area contributed by atoms with Crippen LogP contribution in [0.1, 0.15) is 42.1 Å². The van der Waals surface area contributed by atoms with Gasteiger partial charge < -0.3 is 4.74 Å². The number of ether oxygens (including phenoxy) is 1. The van der Waals surface area contributed by atoms with E-state index in [1.165, 1.54) is 0 Å². The first-order valence-corrected chi connectivity index (χ1v) is 6.52. The van der Waals surface area contributed by atoms with E-state index < -0.39 is 0 Å². The first kappa shape index (κ1) is 11.6. The van der Waals surface area contributed by atoms with Gasteiger partial charge in [0.25, 0.3) is 0 Å². The van der Waals surface area contributed by atoms with E-state index in [4.69, 9.17) is 4.74 Å². The van der Waals surface area contributed by atoms with Crippen molar-refractivity contribution in [2.75, 3.05) is 0 Å². The zero-order valence-electron chi connectivity index (χ0n) is 9.13. The summed E-state index contributed by atoms with van der Waals surface area (Å²) in [5.41, 5.74) is 1.62. The zero-order valence-corrected chi connectivity index (χ0v) is 11.3. The normalized spacial score (nSPS) is 17.0. The first-order valence-electron chi connectivity index (χ1n) is 5.44. The Bertz CT molecular complexity index is 449. The van der Waals surface area contributed by atoms with Crippen LogP contribution in [0, 0.1) is 0 Å². The SMILES string of the molecule is CCCC/C(I)=C1\OC(=O)c2ccccc21. The first-order chi connectivity index (χ1) is 7.74. The summed E-state index contributed by atoms with van der Waals surface area (Å²) in [7, 11) is 0. The largest absolute Gasteiger partial charge is 0.421 e. The number of carbonyl (C=O) groups is 1. The van der Waals surface area contributed by atoms with E-state index in [2.05, 4.69) is 29.5 Å². The average molecular weight is 328 g/mol. The van der Waals surface area contributed by atoms with E-state index in [1.807, 2.05) is 24.3 Å². The second kappa shape index (κ2) is 4.99. The summed E-state index contributed by atoms with van der Waals surface area (Å²) in [5, 5.41) is 0. The van der Waals surface area contributed by atoms with Crippen LogP contribution in [0.15, 0.2) is 27.8 Å². The zero-order chi connectivity index (χ0) is 11.5. The number of benzene rings is 1. The van der Waals surface area contributed by atoms with E-state index in [0.29, 0.717) is 5.56 Å². The van der Waals surface area contributed by atoms with E-state index in [0.717, 1.165) is 34.2 Å². The highest BCUT2D eigenvalue weighted by atomic mass is 127. The minimum atomic E-state index is -0.226. The molecule has 1 aromatic carbocycles. The lowest BCUT2D eigenvalue weighted by Gasteiger charge is -2.03. The number of fused-ring (bicyclic) bond motifs is 1. The van der Waals surface area contributed by atoms with Gasteiger partial charge in [0.2, 0.25) is 0 Å². The maximum atomic E-state index is 11.6. The number of allylic oxidation sites excluding steroid dienone is 1. The molecule has 84 valence electrons. The Morgan fingerprint density at radius 2 is 2.00 bits per heavy atom. The molecule has 0 fully saturated rings. The Balaban J connectivity index is 2.36. The standard InChI is InChI=1S/C13H13IO2/c1-2-3-8-11(14)12-9-6-4-5-7-10(9)13(15)16-12/h4-7H,2-3,8H2,1H3/b12-11+. The van der Waals surface area contributed by atoms with Crippen LogP contribution in [0.25, 0.3) is 5.76 Å². The summed E-state index contributed by atoms with van der Waals surface area (Å²) in [5.74, 6) is 0.533. The van der Waals surface area contributed by atoms with Crippen LogP contribution < -0.4 is 0 Å². The molecule has 2 rings (SSSR count). The van der Waals surface area contributed by atoms with Crippen LogP contribution in [0.3, 0.4) is 0 Å². The van der Waals surface area contributed by atoms with E-state index in [-0.39, 0.29) is 5.97 Å². The molecule has 16 heavy (non-hydrogen) atoms. The molecule has 0 saturated heterocycles. The number of cyclic esters (lactones) is 1. The third-order valence-electron chi connectivity index (χ3n) is 2.58. The van der Waals surface area contributed by atoms with Crippen molar-refractivity contribution in [3.8, 4) is 0 Å². The molecular formula is C13H13IO2. The van der Waals surface area contributed by atoms with Gasteiger partial charge in [0.05, 0.1) is 5.56 Å². The number of hydrogen-bond acceptors (Lipinski definition) is 2. The quantitative estimate of drug-likeness (QED) is 0.615. The summed E-state index contributed by atoms with van der Waals surface area (Å²) in [4.78, 5) is 11.6. The molecule has 0 spiro atoms. The summed E-state index contributed by atoms with van der Waals surface area (Å²) < 4.78 is 6.46. The summed E-state index contributed by atoms with van der Waals surface area (Å²) in [6.45, 7) is 2.16. The Labute approximate surface area is 109 Å². The van der Waals surface area contributed by atoms with Crippen LogP contribution in [0.2, 0.25) is 0 Å². The fourth-order valence-electron chi connectivity index (χ4n) is 1.71. The molecule has 1 aliphatic rings. The van der Waals surface area contributed by atoms with E-state index in [1.54, 1.807) is 0 Å². The minimum Gasteiger partial charge on any atom is -0.421 e. The highest BCUT2D eigenvalue weighted by molar-refractivity contribution is 14.1. The molecule has 0 saturated carbocycles. The fraction of sp³-hybridized carbons (Fsp3) is 0.308. The molecule has 0 aromatic heterocycles. The molecule has 3 heteroatoms. The fourth-order valence-corrected chi connectivity index (χ4v) is 2.49. The molecule has 0 amide bonds. The van der Waals surface area contributed by atoms with Gasteiger partial charge in [-0.15, -0.1) is 0 Å². The third-order valence-corrected chi connectivity index (χ3v) is 3.61. The number of esters is 1. The van der Waals surface area contributed by atoms with Crippen molar-refractivity contribution >= 4 is 34.3 Å². The lowest BCUT2D eigenvalue weighted by Crippen LogP contribution is -1.92. The number of hydrogen-bond donors (Lipinski definition) is 0. The molecule has 0 N–H and O–H groups in total. The molecule has 0 bridgehead atoms. The van der Waals surface area contributed by atoms with Crippen LogP contribution in [-0.4, -0.2) is 5.97 Å². The van der Waals surface area contributed by atoms with Gasteiger partial charge in [-0.05, 0) is 41.5 Å². The predicted octanol–water partition coefficient (Wildman–Crippen LogP) is 4.15. The van der Waals surface area contributed by atoms with Crippen LogP contribution in [0.4, 0.5) is 0 Å². The molecule has 0 radical (unpaired) electrons. The van der Waals surface area contributed by atoms with Gasteiger partial charge in [0, 0.05) is 9.14 Å². The summed E-state index contributed by atoms with van der Waals surface area (Å²) in [6.07, 6.45) is 3.25. The predicted molar refractivity (Wildman–Crippen MR) is 72.3 cm³/mol. The molecule has 0 unspecified atom stereocenters. The van der Waals surface area contributed by atoms with Crippen molar-refractivity contribution in [1.29, 1.82) is 0 Å². The Morgan fingerprint density at radius 1 is 1.31 bits per heavy atom. The maximum Gasteiger partial charge on any atom is 0.344 e. The second-order valence-electron chi connectivity index (χ2n) is 3.77. The molecule has 0 atom stereocenters. The van der Waals surface area contributed by atoms with Crippen molar-refractivity contribution in [2.45, 2.75) is 26.2 Å². The number of rotatable bonds is 3. The molecule has 1 heterocycles. The van der Waals surface area contributed by atoms with Crippen LogP contribution >= 0.6 is 22.6 Å². The van der Waals surface area contributed by atoms with Crippen molar-refractivity contribution in [3.05, 3.63) is 39.0 Å². The lowest BCUT2D eigenvalue weighted by atomic mass is 10.1. The third kappa shape index (κ3) is 2.14. The van der Waals surface area contributed by atoms with Gasteiger partial charge in [-0.2, -0.15) is 0 Å². The van der Waals surface area contributed by atoms with Crippen molar-refractivity contribution in [2.24, 2.45) is 0 Å². The Hall–Kier alpha value is -0.840. The average Bonchev–Trinajstić information content (AvgIpc) is 2.65. The van der Waals surface area contributed by atoms with Gasteiger partial charge in [-0.1, -0.05) is 31.5 Å². The molecule has 1 aromatic rings. The number of halogens is 1. The Morgan fingerprint density at radius 3 is 2.69 bits per heavy atom. The van der Waals surface area contributed by atoms with Crippen LogP contribution in [-0.2, 0) is 4.74 Å². The van der Waals surface area contributed by atoms with Gasteiger partial charge in [-0.25, -0.2) is 4.79 Å². The minimum absolute atomic E-state index is 0.226. The summed E-state index contributed by atoms with van der Waals surface area (Å²) in [6, 6.07) is 7.56. The van der Waals surface area contributed by atoms with Crippen LogP contribution in [0.5, 0.6) is 0 Å². The van der Waals surface area contributed by atoms with Gasteiger partial charge >= 0.3 is 5.97 Å². The number of unbranched alkanes of at least 4 members (excludes halogenated alkanes) is 1. The molecule has 2 nitrogen and oxygen atoms in total. The molecule has 1 aliphatic heterocycles. The summed E-state index contributed by atoms with van der Waals surface area (Å²) >= 11 is 2.28. The number of carbonyl (C=O) groups excluding carboxylic acids is 1. The van der Waals surface area contributed by atoms with E-state index in [9.17, 15) is 4.79 Å². The topological polar surface area (TPSA) is 26.3 Å². The van der Waals surface area contributed by atoms with Crippen molar-refractivity contribution in [1.82, 2.24) is 0 Å². The molecule has 0 aliphatic carbocycles. The van der Waals surface area contributed by atoms with E-state index >= 15 is 0 Å². The Kier molecular flexibility index (Phi) is 3.63. The van der Waals surface area contributed by atoms with Gasteiger partial charge in [0.1, 0.15) is 5.76 Å². The smallest absolute Gasteiger partial charge is 0.344 e. The molecular weight excluding hydrogens is 315 g/mol. The highest BCUT2D eigenvalue weighted by Gasteiger charge is 2.27.